The topological polar surface area (TPSA) is 9.86 Å². The number of rotatable bonds is 2. The second-order valence-corrected chi connectivity index (χ2v) is 18.8. The van der Waals surface area contributed by atoms with Crippen molar-refractivity contribution < 1.29 is 0 Å². The Morgan fingerprint density at radius 3 is 1.35 bits per heavy atom. The number of fused-ring (bicyclic) bond motifs is 6. The number of hydrogen-bond donors (Lipinski definition) is 0. The fraction of sp³-hybridized carbons (Fsp3) is 0.404. The van der Waals surface area contributed by atoms with Gasteiger partial charge in [-0.05, 0) is 106 Å². The van der Waals surface area contributed by atoms with Crippen molar-refractivity contribution in [1.82, 2.24) is 9.13 Å². The Hall–Kier alpha value is -4.04. The molecule has 0 bridgehead atoms. The molecule has 0 spiro atoms. The molecule has 7 rings (SSSR count). The summed E-state index contributed by atoms with van der Waals surface area (Å²) in [4.78, 5) is 0. The van der Waals surface area contributed by atoms with E-state index in [1.54, 1.807) is 0 Å². The molecule has 0 aliphatic heterocycles. The zero-order valence-corrected chi connectivity index (χ0v) is 32.3. The average molecular weight is 649 g/mol. The molecule has 0 saturated heterocycles. The van der Waals surface area contributed by atoms with Crippen LogP contribution in [0.5, 0.6) is 0 Å². The highest BCUT2D eigenvalue weighted by molar-refractivity contribution is 6.10. The molecule has 49 heavy (non-hydrogen) atoms. The third kappa shape index (κ3) is 5.56. The van der Waals surface area contributed by atoms with Crippen molar-refractivity contribution in [3.63, 3.8) is 0 Å². The van der Waals surface area contributed by atoms with E-state index in [9.17, 15) is 0 Å². The van der Waals surface area contributed by atoms with E-state index in [2.05, 4.69) is 178 Å². The van der Waals surface area contributed by atoms with Gasteiger partial charge in [-0.15, -0.1) is 0 Å². The third-order valence-electron chi connectivity index (χ3n) is 11.2. The number of aryl methyl sites for hydroxylation is 1. The second kappa shape index (κ2) is 11.0. The van der Waals surface area contributed by atoms with Crippen molar-refractivity contribution >= 4 is 38.8 Å². The van der Waals surface area contributed by atoms with E-state index in [4.69, 9.17) is 0 Å². The van der Waals surface area contributed by atoms with Gasteiger partial charge in [-0.3, -0.25) is 0 Å². The van der Waals surface area contributed by atoms with Crippen LogP contribution in [-0.4, -0.2) is 9.13 Å². The number of allylic oxidation sites excluding steroid dienone is 1. The summed E-state index contributed by atoms with van der Waals surface area (Å²) in [5, 5.41) is 4.01. The quantitative estimate of drug-likeness (QED) is 0.177. The first-order valence-corrected chi connectivity index (χ1v) is 18.3. The fourth-order valence-electron chi connectivity index (χ4n) is 7.91. The average Bonchev–Trinajstić information content (AvgIpc) is 3.51. The Bertz CT molecular complexity index is 2230. The minimum atomic E-state index is 0.0495. The van der Waals surface area contributed by atoms with Gasteiger partial charge in [0, 0.05) is 16.2 Å². The largest absolute Gasteiger partial charge is 0.309 e. The van der Waals surface area contributed by atoms with Crippen molar-refractivity contribution in [3.8, 4) is 11.4 Å². The van der Waals surface area contributed by atoms with Gasteiger partial charge in [-0.2, -0.15) is 0 Å². The molecule has 6 aromatic rings. The maximum atomic E-state index is 2.60. The summed E-state index contributed by atoms with van der Waals surface area (Å²) in [5.41, 5.74) is 16.4. The Morgan fingerprint density at radius 1 is 0.469 bits per heavy atom. The molecule has 254 valence electrons. The molecule has 0 amide bonds. The molecule has 0 atom stereocenters. The van der Waals surface area contributed by atoms with E-state index in [1.807, 2.05) is 0 Å². The maximum absolute atomic E-state index is 2.60. The summed E-state index contributed by atoms with van der Waals surface area (Å²) >= 11 is 0. The van der Waals surface area contributed by atoms with Crippen molar-refractivity contribution in [2.75, 3.05) is 0 Å². The lowest BCUT2D eigenvalue weighted by atomic mass is 9.79. The Kier molecular flexibility index (Phi) is 7.50. The van der Waals surface area contributed by atoms with Crippen LogP contribution < -0.4 is 0 Å². The van der Waals surface area contributed by atoms with Crippen LogP contribution in [0.25, 0.3) is 50.2 Å². The van der Waals surface area contributed by atoms with Gasteiger partial charge in [0.15, 0.2) is 0 Å². The molecule has 2 nitrogen and oxygen atoms in total. The first-order chi connectivity index (χ1) is 22.7. The lowest BCUT2D eigenvalue weighted by molar-refractivity contribution is 0.484. The number of hydrogen-bond acceptors (Lipinski definition) is 0. The molecule has 1 aliphatic rings. The highest BCUT2D eigenvalue weighted by Gasteiger charge is 2.28. The summed E-state index contributed by atoms with van der Waals surface area (Å²) in [6.07, 6.45) is 4.71. The molecule has 4 aromatic carbocycles. The first-order valence-electron chi connectivity index (χ1n) is 18.3. The van der Waals surface area contributed by atoms with Crippen LogP contribution in [-0.2, 0) is 22.7 Å². The monoisotopic (exact) mass is 648 g/mol. The van der Waals surface area contributed by atoms with Gasteiger partial charge in [0.2, 0.25) is 0 Å². The SMILES string of the molecule is Cc1c(-n2c3c(c4ccc(C(C)(C)C)cc42)CCC(C(C)(C)C)=C3)cccc1-n1c2cc(C(C)(C)C)ccc2c2ccc(C(C)(C)C)cc21. The van der Waals surface area contributed by atoms with E-state index < -0.39 is 0 Å². The van der Waals surface area contributed by atoms with Crippen molar-refractivity contribution in [2.45, 2.75) is 119 Å². The number of aromatic nitrogens is 2. The zero-order valence-electron chi connectivity index (χ0n) is 32.3. The molecule has 2 aromatic heterocycles. The van der Waals surface area contributed by atoms with E-state index in [-0.39, 0.29) is 21.7 Å². The normalized spacial score (nSPS) is 14.6. The molecule has 0 saturated carbocycles. The van der Waals surface area contributed by atoms with Crippen LogP contribution in [0.1, 0.15) is 123 Å². The van der Waals surface area contributed by atoms with Crippen molar-refractivity contribution in [2.24, 2.45) is 5.41 Å². The summed E-state index contributed by atoms with van der Waals surface area (Å²) < 4.78 is 5.15. The zero-order chi connectivity index (χ0) is 35.4. The van der Waals surface area contributed by atoms with E-state index in [1.165, 1.54) is 83.2 Å². The molecule has 0 fully saturated rings. The lowest BCUT2D eigenvalue weighted by Crippen LogP contribution is -2.14. The summed E-state index contributed by atoms with van der Waals surface area (Å²) in [6.45, 7) is 30.3. The van der Waals surface area contributed by atoms with Crippen LogP contribution in [0.3, 0.4) is 0 Å². The minimum absolute atomic E-state index is 0.0495. The lowest BCUT2D eigenvalue weighted by Gasteiger charge is -2.27. The summed E-state index contributed by atoms with van der Waals surface area (Å²) in [5.74, 6) is 0. The standard InChI is InChI=1S/C47H56N2/c1-29-38(48-40-25-30(44(2,3)4)17-21-34(40)35-22-18-31(26-41(35)48)45(5,6)7)15-14-16-39(29)49-42-27-32(46(8,9)10)19-23-36(42)37-24-20-33(28-43(37)49)47(11,12)13/h14-19,21-23,25-28H,20,24H2,1-13H3. The molecular weight excluding hydrogens is 593 g/mol. The van der Waals surface area contributed by atoms with Crippen LogP contribution >= 0.6 is 0 Å². The molecule has 0 N–H and O–H groups in total. The molecular formula is C47H56N2. The highest BCUT2D eigenvalue weighted by Crippen LogP contribution is 2.44. The molecule has 0 unspecified atom stereocenters. The second-order valence-electron chi connectivity index (χ2n) is 18.8. The Labute approximate surface area is 294 Å². The van der Waals surface area contributed by atoms with Crippen molar-refractivity contribution in [3.05, 3.63) is 112 Å². The highest BCUT2D eigenvalue weighted by atomic mass is 15.0. The number of nitrogens with zero attached hydrogens (tertiary/aromatic N) is 2. The van der Waals surface area contributed by atoms with E-state index in [0.29, 0.717) is 0 Å². The van der Waals surface area contributed by atoms with Gasteiger partial charge < -0.3 is 9.13 Å². The first kappa shape index (κ1) is 33.5. The van der Waals surface area contributed by atoms with Crippen molar-refractivity contribution in [1.29, 1.82) is 0 Å². The summed E-state index contributed by atoms with van der Waals surface area (Å²) in [6, 6.07) is 28.4. The van der Waals surface area contributed by atoms with Gasteiger partial charge in [-0.1, -0.05) is 131 Å². The smallest absolute Gasteiger partial charge is 0.0544 e. The van der Waals surface area contributed by atoms with Crippen LogP contribution in [0.2, 0.25) is 0 Å². The summed E-state index contributed by atoms with van der Waals surface area (Å²) in [7, 11) is 0. The third-order valence-corrected chi connectivity index (χ3v) is 11.2. The van der Waals surface area contributed by atoms with Crippen LogP contribution in [0, 0.1) is 12.3 Å². The van der Waals surface area contributed by atoms with E-state index in [0.717, 1.165) is 12.8 Å². The Morgan fingerprint density at radius 2 is 0.898 bits per heavy atom. The van der Waals surface area contributed by atoms with Crippen LogP contribution in [0.15, 0.2) is 78.4 Å². The van der Waals surface area contributed by atoms with Gasteiger partial charge >= 0.3 is 0 Å². The van der Waals surface area contributed by atoms with E-state index >= 15 is 0 Å². The molecule has 1 aliphatic carbocycles. The maximum Gasteiger partial charge on any atom is 0.0544 e. The minimum Gasteiger partial charge on any atom is -0.309 e. The Balaban J connectivity index is 1.58. The predicted octanol–water partition coefficient (Wildman–Crippen LogP) is 13.3. The van der Waals surface area contributed by atoms with Crippen LogP contribution in [0.4, 0.5) is 0 Å². The molecule has 0 radical (unpaired) electrons. The van der Waals surface area contributed by atoms with Gasteiger partial charge in [0.05, 0.1) is 33.6 Å². The molecule has 2 heteroatoms. The molecule has 2 heterocycles. The van der Waals surface area contributed by atoms with Gasteiger partial charge in [0.25, 0.3) is 0 Å². The van der Waals surface area contributed by atoms with Gasteiger partial charge in [0.1, 0.15) is 0 Å². The fourth-order valence-corrected chi connectivity index (χ4v) is 7.91. The van der Waals surface area contributed by atoms with Gasteiger partial charge in [-0.25, -0.2) is 0 Å². The predicted molar refractivity (Wildman–Crippen MR) is 214 cm³/mol. The number of benzene rings is 4.